The van der Waals surface area contributed by atoms with Crippen LogP contribution in [0.1, 0.15) is 29.7 Å². The van der Waals surface area contributed by atoms with Gasteiger partial charge in [0.25, 0.3) is 5.56 Å². The van der Waals surface area contributed by atoms with Crippen LogP contribution >= 0.6 is 23.1 Å². The van der Waals surface area contributed by atoms with E-state index in [9.17, 15) is 9.59 Å². The molecular formula is C16H16N6O2S2. The number of fused-ring (bicyclic) bond motifs is 3. The first kappa shape index (κ1) is 17.2. The van der Waals surface area contributed by atoms with E-state index < -0.39 is 0 Å². The van der Waals surface area contributed by atoms with E-state index in [1.165, 1.54) is 26.2 Å². The lowest BCUT2D eigenvalue weighted by Gasteiger charge is -2.14. The van der Waals surface area contributed by atoms with E-state index in [0.717, 1.165) is 41.5 Å². The van der Waals surface area contributed by atoms with Crippen molar-refractivity contribution in [2.45, 2.75) is 38.6 Å². The van der Waals surface area contributed by atoms with Crippen LogP contribution in [0, 0.1) is 11.5 Å². The first-order valence-electron chi connectivity index (χ1n) is 8.47. The van der Waals surface area contributed by atoms with Crippen LogP contribution in [0.5, 0.6) is 0 Å². The van der Waals surface area contributed by atoms with Gasteiger partial charge in [0.05, 0.1) is 11.1 Å². The first-order chi connectivity index (χ1) is 12.7. The van der Waals surface area contributed by atoms with Crippen LogP contribution in [0.4, 0.5) is 0 Å². The molecule has 0 N–H and O–H groups in total. The van der Waals surface area contributed by atoms with Gasteiger partial charge in [0.15, 0.2) is 10.00 Å². The highest BCUT2D eigenvalue weighted by Crippen LogP contribution is 2.33. The van der Waals surface area contributed by atoms with Crippen LogP contribution < -0.4 is 5.56 Å². The Kier molecular flexibility index (Phi) is 4.74. The molecular weight excluding hydrogens is 372 g/mol. The maximum atomic E-state index is 12.8. The average molecular weight is 388 g/mol. The number of rotatable bonds is 4. The average Bonchev–Trinajstić information content (AvgIpc) is 3.19. The van der Waals surface area contributed by atoms with Gasteiger partial charge in [0.2, 0.25) is 12.1 Å². The predicted molar refractivity (Wildman–Crippen MR) is 100 cm³/mol. The quantitative estimate of drug-likeness (QED) is 0.736. The third-order valence-electron chi connectivity index (χ3n) is 4.60. The number of hydrogen-bond acceptors (Lipinski definition) is 8. The van der Waals surface area contributed by atoms with Gasteiger partial charge in [-0.1, -0.05) is 17.0 Å². The number of carbonyl (C=O) groups excluding carboxylic acids is 1. The molecule has 0 bridgehead atoms. The zero-order valence-corrected chi connectivity index (χ0v) is 15.6. The minimum Gasteiger partial charge on any atom is -0.290 e. The number of carbonyl (C=O) groups is 1. The van der Waals surface area contributed by atoms with Crippen molar-refractivity contribution < 1.29 is 4.79 Å². The van der Waals surface area contributed by atoms with Gasteiger partial charge in [-0.3, -0.25) is 14.5 Å². The van der Waals surface area contributed by atoms with Crippen LogP contribution in [0.15, 0.2) is 9.79 Å². The molecule has 1 aliphatic carbocycles. The summed E-state index contributed by atoms with van der Waals surface area (Å²) in [7, 11) is 0. The first-order valence-corrected chi connectivity index (χ1v) is 10.3. The summed E-state index contributed by atoms with van der Waals surface area (Å²) in [5, 5.41) is 18.1. The van der Waals surface area contributed by atoms with Gasteiger partial charge < -0.3 is 0 Å². The van der Waals surface area contributed by atoms with Crippen molar-refractivity contribution in [1.29, 1.82) is 5.26 Å². The highest BCUT2D eigenvalue weighted by atomic mass is 32.2. The molecule has 1 saturated heterocycles. The highest BCUT2D eigenvalue weighted by molar-refractivity contribution is 8.15. The Morgan fingerprint density at radius 2 is 2.08 bits per heavy atom. The summed E-state index contributed by atoms with van der Waals surface area (Å²) < 4.78 is 1.39. The van der Waals surface area contributed by atoms with E-state index in [4.69, 9.17) is 5.26 Å². The maximum absolute atomic E-state index is 12.8. The fraction of sp³-hybridized carbons (Fsp3) is 0.500. The summed E-state index contributed by atoms with van der Waals surface area (Å²) in [6.45, 7) is 0.779. The van der Waals surface area contributed by atoms with Crippen molar-refractivity contribution >= 4 is 44.4 Å². The standard InChI is InChI=1S/C16H16N6O2S2/c17-9-18-16-21(12(23)8-25-16)6-3-7-22-15(24)13-10-4-1-2-5-11(10)26-14(13)19-20-22/h1-8H2. The summed E-state index contributed by atoms with van der Waals surface area (Å²) in [6.07, 6.45) is 6.49. The summed E-state index contributed by atoms with van der Waals surface area (Å²) in [4.78, 5) is 31.9. The molecule has 8 nitrogen and oxygen atoms in total. The van der Waals surface area contributed by atoms with Gasteiger partial charge in [0.1, 0.15) is 0 Å². The summed E-state index contributed by atoms with van der Waals surface area (Å²) in [5.74, 6) is 0.234. The van der Waals surface area contributed by atoms with Crippen molar-refractivity contribution in [1.82, 2.24) is 19.9 Å². The number of aryl methyl sites for hydroxylation is 3. The number of thioether (sulfide) groups is 1. The van der Waals surface area contributed by atoms with Crippen LogP contribution in [-0.2, 0) is 24.2 Å². The summed E-state index contributed by atoms with van der Waals surface area (Å²) in [5.41, 5.74) is 1.06. The topological polar surface area (TPSA) is 104 Å². The number of hydrogen-bond donors (Lipinski definition) is 0. The molecule has 1 amide bonds. The van der Waals surface area contributed by atoms with E-state index in [0.29, 0.717) is 30.4 Å². The molecule has 0 spiro atoms. The molecule has 3 heterocycles. The monoisotopic (exact) mass is 388 g/mol. The minimum atomic E-state index is -0.0950. The number of thiophene rings is 1. The molecule has 4 rings (SSSR count). The van der Waals surface area contributed by atoms with Crippen LogP contribution in [0.2, 0.25) is 0 Å². The Morgan fingerprint density at radius 1 is 1.23 bits per heavy atom. The molecule has 0 radical (unpaired) electrons. The van der Waals surface area contributed by atoms with Gasteiger partial charge in [0, 0.05) is 18.0 Å². The third kappa shape index (κ3) is 3.01. The van der Waals surface area contributed by atoms with Gasteiger partial charge in [-0.05, 0) is 37.7 Å². The van der Waals surface area contributed by atoms with E-state index in [2.05, 4.69) is 15.3 Å². The second kappa shape index (κ2) is 7.17. The van der Waals surface area contributed by atoms with Gasteiger partial charge in [-0.25, -0.2) is 4.68 Å². The molecule has 10 heteroatoms. The third-order valence-corrected chi connectivity index (χ3v) is 6.74. The lowest BCUT2D eigenvalue weighted by Crippen LogP contribution is -2.32. The molecule has 2 aromatic rings. The van der Waals surface area contributed by atoms with E-state index >= 15 is 0 Å². The predicted octanol–water partition coefficient (Wildman–Crippen LogP) is 1.53. The highest BCUT2D eigenvalue weighted by Gasteiger charge is 2.28. The summed E-state index contributed by atoms with van der Waals surface area (Å²) in [6, 6.07) is 0. The van der Waals surface area contributed by atoms with E-state index in [1.54, 1.807) is 17.5 Å². The number of aliphatic imine (C=N–C) groups is 1. The zero-order chi connectivity index (χ0) is 18.1. The number of nitrogens with zero attached hydrogens (tertiary/aromatic N) is 6. The van der Waals surface area contributed by atoms with Crippen molar-refractivity contribution in [2.75, 3.05) is 12.3 Å². The molecule has 0 saturated carbocycles. The SMILES string of the molecule is N#CN=C1SCC(=O)N1CCCn1nnc2sc3c(c2c1=O)CCCC3. The van der Waals surface area contributed by atoms with Crippen molar-refractivity contribution in [3.05, 3.63) is 20.8 Å². The Bertz CT molecular complexity index is 1000. The second-order valence-electron chi connectivity index (χ2n) is 6.19. The molecule has 1 aliphatic heterocycles. The smallest absolute Gasteiger partial charge is 0.278 e. The molecule has 26 heavy (non-hydrogen) atoms. The Morgan fingerprint density at radius 3 is 2.92 bits per heavy atom. The van der Waals surface area contributed by atoms with Gasteiger partial charge in [-0.2, -0.15) is 5.26 Å². The molecule has 0 unspecified atom stereocenters. The maximum Gasteiger partial charge on any atom is 0.278 e. The molecule has 134 valence electrons. The fourth-order valence-corrected chi connectivity index (χ4v) is 5.44. The zero-order valence-electron chi connectivity index (χ0n) is 14.0. The minimum absolute atomic E-state index is 0.0650. The summed E-state index contributed by atoms with van der Waals surface area (Å²) >= 11 is 2.84. The fourth-order valence-electron chi connectivity index (χ4n) is 3.38. The van der Waals surface area contributed by atoms with E-state index in [-0.39, 0.29) is 11.5 Å². The lowest BCUT2D eigenvalue weighted by atomic mass is 9.97. The Labute approximate surface area is 157 Å². The number of aromatic nitrogens is 3. The largest absolute Gasteiger partial charge is 0.290 e. The van der Waals surface area contributed by atoms with Crippen LogP contribution in [-0.4, -0.2) is 43.3 Å². The molecule has 1 fully saturated rings. The van der Waals surface area contributed by atoms with Crippen molar-refractivity contribution in [3.8, 4) is 6.19 Å². The van der Waals surface area contributed by atoms with Crippen LogP contribution in [0.25, 0.3) is 10.2 Å². The van der Waals surface area contributed by atoms with Gasteiger partial charge in [-0.15, -0.1) is 21.4 Å². The number of amides is 1. The molecule has 0 aromatic carbocycles. The van der Waals surface area contributed by atoms with Gasteiger partial charge >= 0.3 is 0 Å². The molecule has 0 atom stereocenters. The molecule has 2 aliphatic rings. The normalized spacial score (nSPS) is 18.5. The van der Waals surface area contributed by atoms with E-state index in [1.807, 2.05) is 0 Å². The number of amidine groups is 1. The van der Waals surface area contributed by atoms with Crippen LogP contribution in [0.3, 0.4) is 0 Å². The Balaban J connectivity index is 1.52. The Hall–Kier alpha value is -2.25. The number of nitriles is 1. The molecule has 2 aromatic heterocycles. The van der Waals surface area contributed by atoms with Crippen molar-refractivity contribution in [3.63, 3.8) is 0 Å². The second-order valence-corrected chi connectivity index (χ2v) is 8.22. The lowest BCUT2D eigenvalue weighted by molar-refractivity contribution is -0.124. The van der Waals surface area contributed by atoms with Crippen molar-refractivity contribution in [2.24, 2.45) is 4.99 Å².